The molecule has 2 aliphatic rings. The molecule has 1 unspecified atom stereocenters. The van der Waals surface area contributed by atoms with Crippen LogP contribution in [0.1, 0.15) is 42.5 Å². The second-order valence-corrected chi connectivity index (χ2v) is 8.87. The number of carbonyl (C=O) groups is 1. The van der Waals surface area contributed by atoms with Gasteiger partial charge in [-0.3, -0.25) is 4.79 Å². The number of nitrogens with zero attached hydrogens (tertiary/aromatic N) is 4. The molecule has 0 saturated carbocycles. The molecule has 24 heavy (non-hydrogen) atoms. The molecule has 1 aromatic heterocycles. The van der Waals surface area contributed by atoms with Gasteiger partial charge in [-0.05, 0) is 19.3 Å². The summed E-state index contributed by atoms with van der Waals surface area (Å²) in [5.41, 5.74) is 0.494. The van der Waals surface area contributed by atoms with Crippen LogP contribution in [0.15, 0.2) is 12.4 Å². The fourth-order valence-corrected chi connectivity index (χ4v) is 5.09. The van der Waals surface area contributed by atoms with E-state index in [0.29, 0.717) is 17.9 Å². The van der Waals surface area contributed by atoms with Crippen molar-refractivity contribution >= 4 is 21.7 Å². The minimum absolute atomic E-state index is 0.0189. The van der Waals surface area contributed by atoms with Crippen LogP contribution in [0.3, 0.4) is 0 Å². The standard InChI is InChI=1S/C16H24N4O3S/c1-19(14-6-9-24(22,23)12-14)16-17-10-13(11-18-16)15(21)20-7-4-2-3-5-8-20/h10-11,14H,2-9,12H2,1H3. The lowest BCUT2D eigenvalue weighted by atomic mass is 10.2. The van der Waals surface area contributed by atoms with Crippen LogP contribution in [0.5, 0.6) is 0 Å². The Kier molecular flexibility index (Phi) is 5.03. The number of sulfone groups is 1. The summed E-state index contributed by atoms with van der Waals surface area (Å²) < 4.78 is 23.2. The van der Waals surface area contributed by atoms with Crippen molar-refractivity contribution in [1.29, 1.82) is 0 Å². The van der Waals surface area contributed by atoms with E-state index in [1.165, 1.54) is 12.8 Å². The van der Waals surface area contributed by atoms with Crippen LogP contribution in [0.2, 0.25) is 0 Å². The highest BCUT2D eigenvalue weighted by Crippen LogP contribution is 2.20. The van der Waals surface area contributed by atoms with Gasteiger partial charge >= 0.3 is 0 Å². The lowest BCUT2D eigenvalue weighted by molar-refractivity contribution is 0.0761. The number of hydrogen-bond acceptors (Lipinski definition) is 6. The molecule has 8 heteroatoms. The van der Waals surface area contributed by atoms with E-state index in [1.54, 1.807) is 24.3 Å². The molecule has 1 aromatic rings. The molecule has 0 bridgehead atoms. The molecule has 2 fully saturated rings. The van der Waals surface area contributed by atoms with Crippen molar-refractivity contribution in [2.75, 3.05) is 36.5 Å². The Morgan fingerprint density at radius 2 is 1.79 bits per heavy atom. The van der Waals surface area contributed by atoms with E-state index in [0.717, 1.165) is 25.9 Å². The zero-order valence-corrected chi connectivity index (χ0v) is 14.8. The van der Waals surface area contributed by atoms with Crippen molar-refractivity contribution in [3.63, 3.8) is 0 Å². The first-order valence-electron chi connectivity index (χ1n) is 8.51. The summed E-state index contributed by atoms with van der Waals surface area (Å²) in [6.07, 6.45) is 8.14. The quantitative estimate of drug-likeness (QED) is 0.810. The number of rotatable bonds is 3. The van der Waals surface area contributed by atoms with E-state index in [4.69, 9.17) is 0 Å². The van der Waals surface area contributed by atoms with Crippen molar-refractivity contribution in [2.45, 2.75) is 38.1 Å². The Labute approximate surface area is 143 Å². The Bertz CT molecular complexity index is 682. The summed E-state index contributed by atoms with van der Waals surface area (Å²) in [6.45, 7) is 1.58. The number of aromatic nitrogens is 2. The van der Waals surface area contributed by atoms with Gasteiger partial charge in [0.2, 0.25) is 5.95 Å². The smallest absolute Gasteiger partial charge is 0.256 e. The molecular formula is C16H24N4O3S. The average Bonchev–Trinajstić information content (AvgIpc) is 2.79. The average molecular weight is 352 g/mol. The van der Waals surface area contributed by atoms with Gasteiger partial charge in [-0.25, -0.2) is 18.4 Å². The number of likely N-dealkylation sites (tertiary alicyclic amines) is 1. The van der Waals surface area contributed by atoms with Crippen molar-refractivity contribution in [3.8, 4) is 0 Å². The SMILES string of the molecule is CN(c1ncc(C(=O)N2CCCCCC2)cn1)C1CCS(=O)(=O)C1. The molecule has 0 spiro atoms. The van der Waals surface area contributed by atoms with Crippen molar-refractivity contribution < 1.29 is 13.2 Å². The van der Waals surface area contributed by atoms with Gasteiger partial charge in [0.15, 0.2) is 9.84 Å². The van der Waals surface area contributed by atoms with Gasteiger partial charge < -0.3 is 9.80 Å². The summed E-state index contributed by atoms with van der Waals surface area (Å²) in [4.78, 5) is 24.8. The first-order chi connectivity index (χ1) is 11.5. The highest BCUT2D eigenvalue weighted by Gasteiger charge is 2.31. The van der Waals surface area contributed by atoms with E-state index in [-0.39, 0.29) is 23.5 Å². The highest BCUT2D eigenvalue weighted by molar-refractivity contribution is 7.91. The third kappa shape index (κ3) is 3.85. The second kappa shape index (κ2) is 7.04. The van der Waals surface area contributed by atoms with Crippen LogP contribution in [0.25, 0.3) is 0 Å². The Hall–Kier alpha value is -1.70. The number of anilines is 1. The van der Waals surface area contributed by atoms with Crippen LogP contribution in [-0.2, 0) is 9.84 Å². The molecule has 1 amide bonds. The van der Waals surface area contributed by atoms with Gasteiger partial charge in [-0.15, -0.1) is 0 Å². The maximum atomic E-state index is 12.5. The summed E-state index contributed by atoms with van der Waals surface area (Å²) in [7, 11) is -1.14. The highest BCUT2D eigenvalue weighted by atomic mass is 32.2. The third-order valence-electron chi connectivity index (χ3n) is 4.85. The van der Waals surface area contributed by atoms with E-state index < -0.39 is 9.84 Å². The van der Waals surface area contributed by atoms with Crippen LogP contribution < -0.4 is 4.90 Å². The lowest BCUT2D eigenvalue weighted by Crippen LogP contribution is -2.34. The minimum atomic E-state index is -2.95. The van der Waals surface area contributed by atoms with Crippen LogP contribution in [-0.4, -0.2) is 66.9 Å². The topological polar surface area (TPSA) is 83.5 Å². The minimum Gasteiger partial charge on any atom is -0.340 e. The molecule has 7 nitrogen and oxygen atoms in total. The molecule has 0 radical (unpaired) electrons. The van der Waals surface area contributed by atoms with Crippen LogP contribution in [0.4, 0.5) is 5.95 Å². The molecule has 1 atom stereocenters. The van der Waals surface area contributed by atoms with Crippen LogP contribution in [0, 0.1) is 0 Å². The maximum absolute atomic E-state index is 12.5. The zero-order valence-electron chi connectivity index (χ0n) is 14.0. The monoisotopic (exact) mass is 352 g/mol. The van der Waals surface area contributed by atoms with Crippen molar-refractivity contribution in [2.24, 2.45) is 0 Å². The molecule has 2 saturated heterocycles. The maximum Gasteiger partial charge on any atom is 0.256 e. The molecule has 132 valence electrons. The van der Waals surface area contributed by atoms with Gasteiger partial charge in [0.25, 0.3) is 5.91 Å². The molecule has 2 aliphatic heterocycles. The fourth-order valence-electron chi connectivity index (χ4n) is 3.31. The van der Waals surface area contributed by atoms with Gasteiger partial charge in [-0.2, -0.15) is 0 Å². The van der Waals surface area contributed by atoms with E-state index >= 15 is 0 Å². The fraction of sp³-hybridized carbons (Fsp3) is 0.688. The van der Waals surface area contributed by atoms with Gasteiger partial charge in [0.1, 0.15) is 0 Å². The van der Waals surface area contributed by atoms with E-state index in [1.807, 2.05) is 4.90 Å². The Morgan fingerprint density at radius 1 is 1.17 bits per heavy atom. The van der Waals surface area contributed by atoms with Crippen molar-refractivity contribution in [1.82, 2.24) is 14.9 Å². The first-order valence-corrected chi connectivity index (χ1v) is 10.3. The van der Waals surface area contributed by atoms with Gasteiger partial charge in [0, 0.05) is 38.6 Å². The largest absolute Gasteiger partial charge is 0.340 e. The first kappa shape index (κ1) is 17.1. The lowest BCUT2D eigenvalue weighted by Gasteiger charge is -2.24. The summed E-state index contributed by atoms with van der Waals surface area (Å²) in [5, 5.41) is 0. The third-order valence-corrected chi connectivity index (χ3v) is 6.60. The van der Waals surface area contributed by atoms with Crippen molar-refractivity contribution in [3.05, 3.63) is 18.0 Å². The number of hydrogen-bond donors (Lipinski definition) is 0. The molecule has 0 N–H and O–H groups in total. The zero-order chi connectivity index (χ0) is 17.2. The number of amides is 1. The molecule has 0 aromatic carbocycles. The predicted molar refractivity (Wildman–Crippen MR) is 91.9 cm³/mol. The second-order valence-electron chi connectivity index (χ2n) is 6.65. The number of carbonyl (C=O) groups excluding carboxylic acids is 1. The van der Waals surface area contributed by atoms with E-state index in [9.17, 15) is 13.2 Å². The molecule has 0 aliphatic carbocycles. The van der Waals surface area contributed by atoms with E-state index in [2.05, 4.69) is 9.97 Å². The normalized spacial score (nSPS) is 23.7. The van der Waals surface area contributed by atoms with Gasteiger partial charge in [0.05, 0.1) is 17.1 Å². The molecule has 3 rings (SSSR count). The van der Waals surface area contributed by atoms with Gasteiger partial charge in [-0.1, -0.05) is 12.8 Å². The summed E-state index contributed by atoms with van der Waals surface area (Å²) >= 11 is 0. The van der Waals surface area contributed by atoms with Crippen LogP contribution >= 0.6 is 0 Å². The Balaban J connectivity index is 1.67. The molecule has 3 heterocycles. The predicted octanol–water partition coefficient (Wildman–Crippen LogP) is 1.12. The Morgan fingerprint density at radius 3 is 2.33 bits per heavy atom. The molecular weight excluding hydrogens is 328 g/mol. The summed E-state index contributed by atoms with van der Waals surface area (Å²) in [6, 6.07) is -0.0952. The summed E-state index contributed by atoms with van der Waals surface area (Å²) in [5.74, 6) is 0.800.